The van der Waals surface area contributed by atoms with Crippen LogP contribution in [-0.4, -0.2) is 64.4 Å². The number of anilines is 1. The van der Waals surface area contributed by atoms with Gasteiger partial charge in [-0.1, -0.05) is 0 Å². The molecular weight excluding hydrogens is 352 g/mol. The van der Waals surface area contributed by atoms with E-state index in [2.05, 4.69) is 19.5 Å². The number of ether oxygens (including phenoxy) is 1. The molecule has 0 aliphatic carbocycles. The molecule has 2 aromatic heterocycles. The molecule has 0 radical (unpaired) electrons. The minimum absolute atomic E-state index is 0.0663. The largest absolute Gasteiger partial charge is 0.469 e. The summed E-state index contributed by atoms with van der Waals surface area (Å²) in [6.07, 6.45) is -5.46. The Labute approximate surface area is 132 Å². The summed E-state index contributed by atoms with van der Waals surface area (Å²) in [4.78, 5) is 28.1. The van der Waals surface area contributed by atoms with E-state index >= 15 is 0 Å². The van der Waals surface area contributed by atoms with Crippen LogP contribution in [0, 0.1) is 6.08 Å². The normalized spacial score (nSPS) is 27.9. The molecule has 1 unspecified atom stereocenters. The quantitative estimate of drug-likeness (QED) is 0.306. The number of phosphoric acid groups is 1. The molecule has 132 valence electrons. The lowest BCUT2D eigenvalue weighted by molar-refractivity contribution is -0.0504. The molecule has 3 heterocycles. The van der Waals surface area contributed by atoms with E-state index in [1.54, 1.807) is 0 Å². The van der Waals surface area contributed by atoms with Crippen LogP contribution >= 0.6 is 7.82 Å². The van der Waals surface area contributed by atoms with Crippen molar-refractivity contribution >= 4 is 24.8 Å². The van der Waals surface area contributed by atoms with E-state index in [0.717, 1.165) is 10.9 Å². The average molecular weight is 365 g/mol. The van der Waals surface area contributed by atoms with Gasteiger partial charge in [0, 0.05) is 0 Å². The first kappa shape index (κ1) is 17.1. The van der Waals surface area contributed by atoms with Gasteiger partial charge in [0.1, 0.15) is 18.3 Å². The third kappa shape index (κ3) is 3.10. The van der Waals surface area contributed by atoms with Gasteiger partial charge >= 0.3 is 13.9 Å². The molecule has 24 heavy (non-hydrogen) atoms. The van der Waals surface area contributed by atoms with E-state index in [0.29, 0.717) is 0 Å². The maximum Gasteiger partial charge on any atom is 0.469 e. The molecule has 0 amide bonds. The Hall–Kier alpha value is -1.73. The molecule has 12 nitrogen and oxygen atoms in total. The van der Waals surface area contributed by atoms with Crippen LogP contribution in [0.4, 0.5) is 10.2 Å². The molecule has 2 aromatic rings. The minimum Gasteiger partial charge on any atom is -0.387 e. The van der Waals surface area contributed by atoms with Crippen molar-refractivity contribution in [2.75, 3.05) is 12.3 Å². The Balaban J connectivity index is 1.89. The number of phosphoric ester groups is 1. The number of nitrogens with two attached hydrogens (primary N) is 1. The third-order valence-electron chi connectivity index (χ3n) is 3.44. The zero-order valence-corrected chi connectivity index (χ0v) is 12.7. The van der Waals surface area contributed by atoms with Crippen molar-refractivity contribution in [3.8, 4) is 0 Å². The number of aliphatic hydroxyl groups is 2. The molecule has 1 aliphatic rings. The van der Waals surface area contributed by atoms with Gasteiger partial charge in [0.2, 0.25) is 0 Å². The fourth-order valence-corrected chi connectivity index (χ4v) is 2.71. The van der Waals surface area contributed by atoms with Gasteiger partial charge in [0.05, 0.1) is 12.9 Å². The predicted octanol–water partition coefficient (Wildman–Crippen LogP) is -1.72. The maximum absolute atomic E-state index is 13.3. The van der Waals surface area contributed by atoms with E-state index in [9.17, 15) is 19.2 Å². The summed E-state index contributed by atoms with van der Waals surface area (Å²) in [7, 11) is -4.78. The third-order valence-corrected chi connectivity index (χ3v) is 3.92. The van der Waals surface area contributed by atoms with Crippen molar-refractivity contribution in [3.05, 3.63) is 12.4 Å². The van der Waals surface area contributed by atoms with Crippen LogP contribution < -0.4 is 5.73 Å². The lowest BCUT2D eigenvalue weighted by atomic mass is 10.1. The smallest absolute Gasteiger partial charge is 0.387 e. The van der Waals surface area contributed by atoms with E-state index < -0.39 is 45.0 Å². The number of fused-ring (bicyclic) bond motifs is 1. The number of nitrogen functional groups attached to an aromatic ring is 1. The first-order chi connectivity index (χ1) is 11.2. The lowest BCUT2D eigenvalue weighted by Crippen LogP contribution is -2.33. The van der Waals surface area contributed by atoms with Crippen LogP contribution in [0.2, 0.25) is 0 Å². The van der Waals surface area contributed by atoms with E-state index in [-0.39, 0.29) is 17.0 Å². The molecule has 0 bridgehead atoms. The number of aliphatic hydroxyl groups excluding tert-OH is 2. The van der Waals surface area contributed by atoms with Crippen LogP contribution in [0.1, 0.15) is 6.23 Å². The summed E-state index contributed by atoms with van der Waals surface area (Å²) in [6, 6.07) is 0. The van der Waals surface area contributed by atoms with E-state index in [1.165, 1.54) is 0 Å². The molecule has 1 saturated heterocycles. The van der Waals surface area contributed by atoms with Gasteiger partial charge in [-0.05, 0) is 0 Å². The summed E-state index contributed by atoms with van der Waals surface area (Å²) in [5.74, 6) is -0.217. The number of nitrogens with zero attached hydrogens (tertiary/aromatic N) is 4. The molecule has 0 aromatic carbocycles. The number of hydrogen-bond acceptors (Lipinski definition) is 9. The summed E-state index contributed by atoms with van der Waals surface area (Å²) >= 11 is 0. The second kappa shape index (κ2) is 5.97. The van der Waals surface area contributed by atoms with Crippen LogP contribution in [0.15, 0.2) is 6.33 Å². The van der Waals surface area contributed by atoms with Crippen molar-refractivity contribution in [1.29, 1.82) is 0 Å². The number of aromatic nitrogens is 4. The van der Waals surface area contributed by atoms with Gasteiger partial charge in [0.25, 0.3) is 0 Å². The summed E-state index contributed by atoms with van der Waals surface area (Å²) in [5, 5.41) is 20.0. The Morgan fingerprint density at radius 2 is 2.08 bits per heavy atom. The highest BCUT2D eigenvalue weighted by atomic mass is 31.2. The zero-order valence-electron chi connectivity index (χ0n) is 11.8. The molecule has 0 spiro atoms. The molecule has 0 saturated carbocycles. The van der Waals surface area contributed by atoms with Gasteiger partial charge in [-0.3, -0.25) is 9.09 Å². The minimum atomic E-state index is -4.78. The summed E-state index contributed by atoms with van der Waals surface area (Å²) in [6.45, 7) is -0.670. The first-order valence-corrected chi connectivity index (χ1v) is 8.07. The standard InChI is InChI=1S/C10H13FN5O7P/c11-10-14-7(12)4-8(15-10)16(2-13-4)9-6(18)5(17)3(23-9)1-22-24(19,20)21/h2-3,5-6,9,17-18H,1H2,(H2,12,14,15)(H2,19,20,21)/t3?,5-,6+,9+/m0/s1. The zero-order chi connectivity index (χ0) is 17.6. The van der Waals surface area contributed by atoms with Crippen molar-refractivity contribution in [3.63, 3.8) is 0 Å². The molecule has 6 N–H and O–H groups in total. The summed E-state index contributed by atoms with van der Waals surface area (Å²) in [5.41, 5.74) is 5.52. The lowest BCUT2D eigenvalue weighted by Gasteiger charge is -2.16. The fraction of sp³-hybridized carbons (Fsp3) is 0.500. The molecule has 1 aliphatic heterocycles. The topological polar surface area (TPSA) is 186 Å². The Morgan fingerprint density at radius 3 is 2.75 bits per heavy atom. The van der Waals surface area contributed by atoms with Crippen LogP contribution in [-0.2, 0) is 13.8 Å². The second-order valence-corrected chi connectivity index (χ2v) is 6.27. The van der Waals surface area contributed by atoms with Crippen LogP contribution in [0.3, 0.4) is 0 Å². The van der Waals surface area contributed by atoms with Crippen molar-refractivity contribution < 1.29 is 38.2 Å². The molecule has 4 atom stereocenters. The number of hydrogen-bond donors (Lipinski definition) is 5. The monoisotopic (exact) mass is 365 g/mol. The van der Waals surface area contributed by atoms with Gasteiger partial charge in [0.15, 0.2) is 23.2 Å². The van der Waals surface area contributed by atoms with Crippen LogP contribution in [0.5, 0.6) is 0 Å². The highest BCUT2D eigenvalue weighted by Crippen LogP contribution is 2.38. The highest BCUT2D eigenvalue weighted by Gasteiger charge is 2.45. The van der Waals surface area contributed by atoms with Gasteiger partial charge < -0.3 is 30.5 Å². The van der Waals surface area contributed by atoms with Gasteiger partial charge in [-0.2, -0.15) is 14.4 Å². The average Bonchev–Trinajstić information content (AvgIpc) is 3.00. The van der Waals surface area contributed by atoms with E-state index in [4.69, 9.17) is 20.3 Å². The van der Waals surface area contributed by atoms with Gasteiger partial charge in [-0.25, -0.2) is 9.55 Å². The summed E-state index contributed by atoms with van der Waals surface area (Å²) < 4.78 is 34.8. The Kier molecular flexibility index (Phi) is 4.25. The second-order valence-electron chi connectivity index (χ2n) is 5.03. The molecule has 3 rings (SSSR count). The first-order valence-electron chi connectivity index (χ1n) is 6.54. The predicted molar refractivity (Wildman–Crippen MR) is 73.6 cm³/mol. The molecule has 14 heteroatoms. The Bertz CT molecular complexity index is 812. The number of halogens is 1. The van der Waals surface area contributed by atoms with Crippen molar-refractivity contribution in [1.82, 2.24) is 19.5 Å². The fourth-order valence-electron chi connectivity index (χ4n) is 2.36. The molecule has 1 fully saturated rings. The van der Waals surface area contributed by atoms with Gasteiger partial charge in [-0.15, -0.1) is 0 Å². The highest BCUT2D eigenvalue weighted by molar-refractivity contribution is 7.46. The van der Waals surface area contributed by atoms with Crippen LogP contribution in [0.25, 0.3) is 11.2 Å². The maximum atomic E-state index is 13.3. The number of rotatable bonds is 4. The van der Waals surface area contributed by atoms with E-state index in [1.807, 2.05) is 0 Å². The van der Waals surface area contributed by atoms with Crippen molar-refractivity contribution in [2.45, 2.75) is 24.5 Å². The number of imidazole rings is 1. The Morgan fingerprint density at radius 1 is 1.38 bits per heavy atom. The molecular formula is C10H13FN5O7P. The van der Waals surface area contributed by atoms with Crippen molar-refractivity contribution in [2.24, 2.45) is 0 Å². The SMILES string of the molecule is Nc1nc(F)nc2c1ncn2[C@@H]1OC(COP(=O)(O)O)[C@H](O)[C@H]1O.